The Kier molecular flexibility index (Phi) is 10.9. The maximum atomic E-state index is 11.9. The van der Waals surface area contributed by atoms with Gasteiger partial charge in [-0.25, -0.2) is 0 Å². The number of rotatable bonds is 8. The molecule has 1 heterocycles. The molecule has 132 valence electrons. The van der Waals surface area contributed by atoms with Gasteiger partial charge in [-0.2, -0.15) is 0 Å². The molecule has 0 aromatic heterocycles. The van der Waals surface area contributed by atoms with Gasteiger partial charge < -0.3 is 4.74 Å². The molecule has 0 amide bonds. The summed E-state index contributed by atoms with van der Waals surface area (Å²) >= 11 is 0. The third-order valence-corrected chi connectivity index (χ3v) is 6.96. The molecule has 22 heavy (non-hydrogen) atoms. The van der Waals surface area contributed by atoms with E-state index in [2.05, 4.69) is 20.8 Å². The quantitative estimate of drug-likeness (QED) is 0.285. The average Bonchev–Trinajstić information content (AvgIpc) is 2.82. The SMILES string of the molecule is CC.CC(C)CC(C)(C)OC(=O)CCCC[C@]1(C)CCSS1. The van der Waals surface area contributed by atoms with Crippen LogP contribution >= 0.6 is 21.6 Å². The Labute approximate surface area is 146 Å². The smallest absolute Gasteiger partial charge is 0.306 e. The number of ether oxygens (including phenoxy) is 1. The number of unbranched alkanes of at least 4 members (excludes halogenated alkanes) is 1. The van der Waals surface area contributed by atoms with Gasteiger partial charge in [-0.3, -0.25) is 4.79 Å². The summed E-state index contributed by atoms with van der Waals surface area (Å²) in [6, 6.07) is 0. The van der Waals surface area contributed by atoms with E-state index < -0.39 is 0 Å². The lowest BCUT2D eigenvalue weighted by Crippen LogP contribution is -2.29. The molecule has 0 N–H and O–H groups in total. The minimum Gasteiger partial charge on any atom is -0.460 e. The van der Waals surface area contributed by atoms with Gasteiger partial charge in [0, 0.05) is 16.9 Å². The summed E-state index contributed by atoms with van der Waals surface area (Å²) in [5.41, 5.74) is -0.324. The molecule has 0 aromatic rings. The van der Waals surface area contributed by atoms with Gasteiger partial charge in [0.1, 0.15) is 5.60 Å². The van der Waals surface area contributed by atoms with Crippen LogP contribution in [-0.4, -0.2) is 22.1 Å². The Bertz CT molecular complexity index is 308. The third-order valence-electron chi connectivity index (χ3n) is 3.60. The topological polar surface area (TPSA) is 26.3 Å². The summed E-state index contributed by atoms with van der Waals surface area (Å²) in [6.45, 7) is 14.7. The van der Waals surface area contributed by atoms with E-state index >= 15 is 0 Å². The highest BCUT2D eigenvalue weighted by atomic mass is 33.1. The van der Waals surface area contributed by atoms with Crippen LogP contribution in [0.5, 0.6) is 0 Å². The minimum absolute atomic E-state index is 0.0331. The van der Waals surface area contributed by atoms with E-state index in [0.29, 0.717) is 17.1 Å². The Morgan fingerprint density at radius 1 is 1.27 bits per heavy atom. The lowest BCUT2D eigenvalue weighted by molar-refractivity contribution is -0.157. The molecule has 0 saturated carbocycles. The standard InChI is InChI=1S/C16H30O2S2.C2H6/c1-13(2)12-15(3,4)18-14(17)8-6-7-9-16(5)10-11-19-20-16;1-2/h13H,6-12H2,1-5H3;1-2H3/t16-;/m1./s1. The second-order valence-electron chi connectivity index (χ2n) is 7.14. The summed E-state index contributed by atoms with van der Waals surface area (Å²) in [6.07, 6.45) is 6.09. The predicted octanol–water partition coefficient (Wildman–Crippen LogP) is 6.48. The van der Waals surface area contributed by atoms with Crippen molar-refractivity contribution in [2.75, 3.05) is 5.75 Å². The van der Waals surface area contributed by atoms with Crippen molar-refractivity contribution in [2.45, 2.75) is 97.3 Å². The van der Waals surface area contributed by atoms with Crippen LogP contribution in [0.25, 0.3) is 0 Å². The summed E-state index contributed by atoms with van der Waals surface area (Å²) in [4.78, 5) is 11.9. The largest absolute Gasteiger partial charge is 0.460 e. The van der Waals surface area contributed by atoms with Crippen molar-refractivity contribution < 1.29 is 9.53 Å². The Morgan fingerprint density at radius 2 is 1.91 bits per heavy atom. The lowest BCUT2D eigenvalue weighted by Gasteiger charge is -2.27. The highest BCUT2D eigenvalue weighted by molar-refractivity contribution is 8.77. The van der Waals surface area contributed by atoms with Crippen LogP contribution in [0.2, 0.25) is 0 Å². The van der Waals surface area contributed by atoms with E-state index in [9.17, 15) is 4.79 Å². The number of carbonyl (C=O) groups is 1. The lowest BCUT2D eigenvalue weighted by atomic mass is 9.96. The normalized spacial score (nSPS) is 21.5. The first-order valence-electron chi connectivity index (χ1n) is 8.75. The van der Waals surface area contributed by atoms with Crippen LogP contribution in [0.1, 0.15) is 87.0 Å². The van der Waals surface area contributed by atoms with E-state index in [0.717, 1.165) is 19.3 Å². The zero-order valence-corrected chi connectivity index (χ0v) is 17.3. The van der Waals surface area contributed by atoms with Gasteiger partial charge >= 0.3 is 5.97 Å². The van der Waals surface area contributed by atoms with Crippen LogP contribution in [0.15, 0.2) is 0 Å². The summed E-state index contributed by atoms with van der Waals surface area (Å²) < 4.78 is 6.03. The van der Waals surface area contributed by atoms with Gasteiger partial charge in [0.15, 0.2) is 0 Å². The highest BCUT2D eigenvalue weighted by Crippen LogP contribution is 2.49. The van der Waals surface area contributed by atoms with Crippen molar-refractivity contribution in [3.8, 4) is 0 Å². The Balaban J connectivity index is 0.00000211. The summed E-state index contributed by atoms with van der Waals surface area (Å²) in [5.74, 6) is 1.79. The van der Waals surface area contributed by atoms with E-state index in [4.69, 9.17) is 4.74 Å². The first-order valence-corrected chi connectivity index (χ1v) is 11.1. The monoisotopic (exact) mass is 348 g/mol. The van der Waals surface area contributed by atoms with Crippen molar-refractivity contribution in [1.29, 1.82) is 0 Å². The Hall–Kier alpha value is 0.170. The maximum absolute atomic E-state index is 11.9. The van der Waals surface area contributed by atoms with Crippen LogP contribution < -0.4 is 0 Å². The van der Waals surface area contributed by atoms with Crippen LogP contribution in [-0.2, 0) is 9.53 Å². The minimum atomic E-state index is -0.324. The molecule has 2 nitrogen and oxygen atoms in total. The molecule has 0 aromatic carbocycles. The van der Waals surface area contributed by atoms with Gasteiger partial charge in [0.2, 0.25) is 0 Å². The first-order chi connectivity index (χ1) is 10.2. The van der Waals surface area contributed by atoms with Crippen molar-refractivity contribution >= 4 is 27.6 Å². The van der Waals surface area contributed by atoms with Crippen LogP contribution in [0.4, 0.5) is 0 Å². The van der Waals surface area contributed by atoms with Crippen molar-refractivity contribution in [3.05, 3.63) is 0 Å². The number of carbonyl (C=O) groups excluding carboxylic acids is 1. The molecule has 1 aliphatic heterocycles. The second kappa shape index (κ2) is 10.9. The van der Waals surface area contributed by atoms with Gasteiger partial charge in [0.05, 0.1) is 0 Å². The molecule has 1 rings (SSSR count). The average molecular weight is 349 g/mol. The molecule has 0 bridgehead atoms. The molecule has 1 fully saturated rings. The number of hydrogen-bond acceptors (Lipinski definition) is 4. The molecule has 0 radical (unpaired) electrons. The molecule has 0 spiro atoms. The molecular formula is C18H36O2S2. The molecule has 1 aliphatic rings. The fraction of sp³-hybridized carbons (Fsp3) is 0.944. The molecule has 0 unspecified atom stereocenters. The van der Waals surface area contributed by atoms with Gasteiger partial charge in [-0.15, -0.1) is 0 Å². The summed E-state index contributed by atoms with van der Waals surface area (Å²) in [7, 11) is 4.00. The summed E-state index contributed by atoms with van der Waals surface area (Å²) in [5, 5.41) is 0. The molecule has 4 heteroatoms. The van der Waals surface area contributed by atoms with E-state index in [1.54, 1.807) is 0 Å². The van der Waals surface area contributed by atoms with Crippen LogP contribution in [0, 0.1) is 5.92 Å². The molecule has 1 saturated heterocycles. The maximum Gasteiger partial charge on any atom is 0.306 e. The third kappa shape index (κ3) is 10.0. The molecule has 0 aliphatic carbocycles. The van der Waals surface area contributed by atoms with Gasteiger partial charge in [-0.1, -0.05) is 55.7 Å². The fourth-order valence-electron chi connectivity index (χ4n) is 2.80. The zero-order chi connectivity index (χ0) is 17.2. The number of hydrogen-bond donors (Lipinski definition) is 0. The number of esters is 1. The van der Waals surface area contributed by atoms with Gasteiger partial charge in [0.25, 0.3) is 0 Å². The van der Waals surface area contributed by atoms with Crippen molar-refractivity contribution in [2.24, 2.45) is 5.92 Å². The Morgan fingerprint density at radius 3 is 2.41 bits per heavy atom. The van der Waals surface area contributed by atoms with E-state index in [1.165, 1.54) is 18.6 Å². The van der Waals surface area contributed by atoms with Crippen molar-refractivity contribution in [3.63, 3.8) is 0 Å². The van der Waals surface area contributed by atoms with Gasteiger partial charge in [-0.05, 0) is 52.4 Å². The second-order valence-corrected chi connectivity index (χ2v) is 10.1. The molecular weight excluding hydrogens is 312 g/mol. The molecule has 1 atom stereocenters. The fourth-order valence-corrected chi connectivity index (χ4v) is 6.10. The van der Waals surface area contributed by atoms with E-state index in [1.807, 2.05) is 49.3 Å². The first kappa shape index (κ1) is 22.2. The highest BCUT2D eigenvalue weighted by Gasteiger charge is 2.30. The predicted molar refractivity (Wildman–Crippen MR) is 103 cm³/mol. The van der Waals surface area contributed by atoms with Crippen LogP contribution in [0.3, 0.4) is 0 Å². The van der Waals surface area contributed by atoms with E-state index in [-0.39, 0.29) is 11.6 Å². The zero-order valence-electron chi connectivity index (χ0n) is 15.7. The van der Waals surface area contributed by atoms with Crippen molar-refractivity contribution in [1.82, 2.24) is 0 Å².